The Hall–Kier alpha value is -2.42. The molecule has 0 spiro atoms. The van der Waals surface area contributed by atoms with Crippen LogP contribution in [0.25, 0.3) is 22.4 Å². The number of rotatable bonds is 1. The van der Waals surface area contributed by atoms with Crippen molar-refractivity contribution in [3.63, 3.8) is 0 Å². The summed E-state index contributed by atoms with van der Waals surface area (Å²) in [5, 5.41) is 0.507. The minimum Gasteiger partial charge on any atom is -0.403 e. The number of nitrogens with zero attached hydrogens (tertiary/aromatic N) is 1. The van der Waals surface area contributed by atoms with Gasteiger partial charge in [-0.1, -0.05) is 37.8 Å². The van der Waals surface area contributed by atoms with E-state index in [9.17, 15) is 4.79 Å². The van der Waals surface area contributed by atoms with E-state index in [1.54, 1.807) is 18.2 Å². The number of para-hydroxylation sites is 1. The van der Waals surface area contributed by atoms with E-state index in [4.69, 9.17) is 4.42 Å². The molecule has 1 aromatic heterocycles. The van der Waals surface area contributed by atoms with Gasteiger partial charge < -0.3 is 4.42 Å². The number of benzene rings is 2. The fraction of sp³-hybridized carbons (Fsp3) is 0.0667. The zero-order valence-corrected chi connectivity index (χ0v) is 8.96. The molecule has 1 heterocycles. The van der Waals surface area contributed by atoms with Gasteiger partial charge in [0.2, 0.25) is 5.89 Å². The Morgan fingerprint density at radius 2 is 1.56 bits per heavy atom. The molecule has 3 heteroatoms. The largest absolute Gasteiger partial charge is 0.403 e. The Morgan fingerprint density at radius 1 is 0.889 bits per heavy atom. The van der Waals surface area contributed by atoms with Gasteiger partial charge in [0.25, 0.3) is 0 Å². The predicted octanol–water partition coefficient (Wildman–Crippen LogP) is 3.49. The van der Waals surface area contributed by atoms with Crippen LogP contribution in [0.2, 0.25) is 0 Å². The second-order valence-corrected chi connectivity index (χ2v) is 3.69. The highest BCUT2D eigenvalue weighted by molar-refractivity contribution is 5.78. The molecule has 2 aromatic carbocycles. The molecule has 0 N–H and O–H groups in total. The fourth-order valence-corrected chi connectivity index (χ4v) is 1.72. The first-order valence-corrected chi connectivity index (χ1v) is 5.30. The van der Waals surface area contributed by atoms with Crippen molar-refractivity contribution in [1.82, 2.24) is 4.98 Å². The lowest BCUT2D eigenvalue weighted by molar-refractivity contribution is 0.518. The summed E-state index contributed by atoms with van der Waals surface area (Å²) in [6.45, 7) is 0. The zero-order chi connectivity index (χ0) is 11.7. The Kier molecular flexibility index (Phi) is 3.24. The zero-order valence-electron chi connectivity index (χ0n) is 8.96. The first kappa shape index (κ1) is 12.0. The van der Waals surface area contributed by atoms with Gasteiger partial charge in [-0.15, -0.1) is 0 Å². The van der Waals surface area contributed by atoms with Gasteiger partial charge in [-0.05, 0) is 24.3 Å². The maximum Gasteiger partial charge on any atom is 0.347 e. The third-order valence-corrected chi connectivity index (χ3v) is 2.56. The van der Waals surface area contributed by atoms with Crippen LogP contribution in [0, 0.1) is 0 Å². The lowest BCUT2D eigenvalue weighted by Gasteiger charge is -2.00. The van der Waals surface area contributed by atoms with Gasteiger partial charge in [0.05, 0.1) is 10.9 Å². The highest BCUT2D eigenvalue weighted by Gasteiger charge is 2.06. The third kappa shape index (κ3) is 2.02. The monoisotopic (exact) mass is 239 g/mol. The van der Waals surface area contributed by atoms with Crippen LogP contribution >= 0.6 is 0 Å². The topological polar surface area (TPSA) is 43.1 Å². The SMILES string of the molecule is C.O=c1oc(-c2ccccc2)nc2ccccc12. The van der Waals surface area contributed by atoms with Crippen molar-refractivity contribution in [2.45, 2.75) is 7.43 Å². The number of fused-ring (bicyclic) bond motifs is 1. The molecule has 0 amide bonds. The van der Waals surface area contributed by atoms with Gasteiger partial charge in [-0.3, -0.25) is 0 Å². The number of aromatic nitrogens is 1. The molecule has 3 rings (SSSR count). The van der Waals surface area contributed by atoms with Crippen LogP contribution in [0.3, 0.4) is 0 Å². The molecule has 0 aliphatic rings. The van der Waals surface area contributed by atoms with Crippen LogP contribution in [0.4, 0.5) is 0 Å². The molecule has 90 valence electrons. The standard InChI is InChI=1S/C14H9NO2.CH4/c16-14-11-8-4-5-9-12(11)15-13(17-14)10-6-2-1-3-7-10;/h1-9H;1H4. The second-order valence-electron chi connectivity index (χ2n) is 3.69. The smallest absolute Gasteiger partial charge is 0.347 e. The van der Waals surface area contributed by atoms with Crippen LogP contribution in [0.1, 0.15) is 7.43 Å². The van der Waals surface area contributed by atoms with Crippen molar-refractivity contribution < 1.29 is 4.42 Å². The number of hydrogen-bond acceptors (Lipinski definition) is 3. The van der Waals surface area contributed by atoms with Gasteiger partial charge in [0.1, 0.15) is 0 Å². The second kappa shape index (κ2) is 4.84. The van der Waals surface area contributed by atoms with Gasteiger partial charge in [0, 0.05) is 5.56 Å². The van der Waals surface area contributed by atoms with E-state index in [1.807, 2.05) is 36.4 Å². The minimum atomic E-state index is -0.352. The first-order chi connectivity index (χ1) is 8.34. The van der Waals surface area contributed by atoms with E-state index in [0.29, 0.717) is 16.8 Å². The molecule has 18 heavy (non-hydrogen) atoms. The fourth-order valence-electron chi connectivity index (χ4n) is 1.72. The molecule has 0 aliphatic carbocycles. The van der Waals surface area contributed by atoms with Crippen molar-refractivity contribution in [3.05, 3.63) is 65.0 Å². The summed E-state index contributed by atoms with van der Waals surface area (Å²) >= 11 is 0. The lowest BCUT2D eigenvalue weighted by atomic mass is 10.2. The van der Waals surface area contributed by atoms with Gasteiger partial charge >= 0.3 is 5.63 Å². The van der Waals surface area contributed by atoms with Crippen molar-refractivity contribution in [2.75, 3.05) is 0 Å². The summed E-state index contributed by atoms with van der Waals surface area (Å²) in [4.78, 5) is 16.1. The van der Waals surface area contributed by atoms with E-state index in [-0.39, 0.29) is 13.1 Å². The summed E-state index contributed by atoms with van der Waals surface area (Å²) in [6.07, 6.45) is 0. The molecule has 3 nitrogen and oxygen atoms in total. The van der Waals surface area contributed by atoms with E-state index in [0.717, 1.165) is 5.56 Å². The van der Waals surface area contributed by atoms with E-state index in [1.165, 1.54) is 0 Å². The van der Waals surface area contributed by atoms with E-state index in [2.05, 4.69) is 4.98 Å². The van der Waals surface area contributed by atoms with E-state index >= 15 is 0 Å². The quantitative estimate of drug-likeness (QED) is 0.652. The van der Waals surface area contributed by atoms with Crippen molar-refractivity contribution in [2.24, 2.45) is 0 Å². The summed E-state index contributed by atoms with van der Waals surface area (Å²) in [7, 11) is 0. The molecule has 0 fully saturated rings. The lowest BCUT2D eigenvalue weighted by Crippen LogP contribution is -2.02. The molecular weight excluding hydrogens is 226 g/mol. The van der Waals surface area contributed by atoms with Crippen molar-refractivity contribution >= 4 is 10.9 Å². The Balaban J connectivity index is 0.00000120. The van der Waals surface area contributed by atoms with Crippen LogP contribution in [0.15, 0.2) is 63.8 Å². The van der Waals surface area contributed by atoms with Crippen molar-refractivity contribution in [3.8, 4) is 11.5 Å². The van der Waals surface area contributed by atoms with Crippen LogP contribution < -0.4 is 5.63 Å². The summed E-state index contributed by atoms with van der Waals surface area (Å²) in [5.41, 5.74) is 1.10. The van der Waals surface area contributed by atoms with Crippen molar-refractivity contribution in [1.29, 1.82) is 0 Å². The maximum atomic E-state index is 11.8. The van der Waals surface area contributed by atoms with Gasteiger partial charge in [0.15, 0.2) is 0 Å². The number of hydrogen-bond donors (Lipinski definition) is 0. The molecule has 0 bridgehead atoms. The van der Waals surface area contributed by atoms with Crippen LogP contribution in [-0.4, -0.2) is 4.98 Å². The van der Waals surface area contributed by atoms with Gasteiger partial charge in [-0.25, -0.2) is 9.78 Å². The minimum absolute atomic E-state index is 0. The summed E-state index contributed by atoms with van der Waals surface area (Å²) in [6, 6.07) is 16.6. The summed E-state index contributed by atoms with van der Waals surface area (Å²) < 4.78 is 5.21. The molecule has 0 saturated carbocycles. The van der Waals surface area contributed by atoms with Crippen LogP contribution in [0.5, 0.6) is 0 Å². The predicted molar refractivity (Wildman–Crippen MR) is 72.4 cm³/mol. The molecular formula is C15H13NO2. The highest BCUT2D eigenvalue weighted by Crippen LogP contribution is 2.17. The Morgan fingerprint density at radius 3 is 2.33 bits per heavy atom. The average Bonchev–Trinajstić information content (AvgIpc) is 2.40. The highest BCUT2D eigenvalue weighted by atomic mass is 16.4. The van der Waals surface area contributed by atoms with Gasteiger partial charge in [-0.2, -0.15) is 0 Å². The molecule has 0 radical (unpaired) electrons. The Labute approximate surface area is 105 Å². The van der Waals surface area contributed by atoms with Crippen LogP contribution in [-0.2, 0) is 0 Å². The average molecular weight is 239 g/mol. The molecule has 0 saturated heterocycles. The molecule has 3 aromatic rings. The first-order valence-electron chi connectivity index (χ1n) is 5.30. The van der Waals surface area contributed by atoms with E-state index < -0.39 is 0 Å². The molecule has 0 atom stereocenters. The Bertz CT molecular complexity index is 717. The molecule has 0 unspecified atom stereocenters. The maximum absolute atomic E-state index is 11.8. The normalized spacial score (nSPS) is 10.0. The molecule has 0 aliphatic heterocycles. The third-order valence-electron chi connectivity index (χ3n) is 2.56. The summed E-state index contributed by atoms with van der Waals surface area (Å²) in [5.74, 6) is 0.356.